The SMILES string of the molecule is NCc1cc(N(CCO)CCO)ccn1. The molecule has 1 aromatic rings. The quantitative estimate of drug-likeness (QED) is 0.581. The molecule has 0 fully saturated rings. The van der Waals surface area contributed by atoms with Crippen LogP contribution in [0, 0.1) is 0 Å². The van der Waals surface area contributed by atoms with E-state index in [9.17, 15) is 0 Å². The summed E-state index contributed by atoms with van der Waals surface area (Å²) in [6.45, 7) is 1.49. The molecule has 15 heavy (non-hydrogen) atoms. The van der Waals surface area contributed by atoms with Crippen LogP contribution in [0.1, 0.15) is 5.69 Å². The Hall–Kier alpha value is -1.17. The number of aromatic nitrogens is 1. The topological polar surface area (TPSA) is 82.6 Å². The summed E-state index contributed by atoms with van der Waals surface area (Å²) >= 11 is 0. The lowest BCUT2D eigenvalue weighted by Crippen LogP contribution is -2.29. The molecular formula is C10H17N3O2. The standard InChI is InChI=1S/C10H17N3O2/c11-8-9-7-10(1-2-12-9)13(3-5-14)4-6-15/h1-2,7,14-15H,3-6,8,11H2. The Morgan fingerprint density at radius 2 is 1.93 bits per heavy atom. The molecule has 0 spiro atoms. The van der Waals surface area contributed by atoms with Gasteiger partial charge in [-0.15, -0.1) is 0 Å². The Labute approximate surface area is 89.2 Å². The van der Waals surface area contributed by atoms with Crippen molar-refractivity contribution in [2.45, 2.75) is 6.54 Å². The molecule has 1 rings (SSSR count). The number of rotatable bonds is 6. The Morgan fingerprint density at radius 3 is 2.47 bits per heavy atom. The highest BCUT2D eigenvalue weighted by atomic mass is 16.3. The van der Waals surface area contributed by atoms with Gasteiger partial charge in [-0.2, -0.15) is 0 Å². The summed E-state index contributed by atoms with van der Waals surface area (Å²) in [5.41, 5.74) is 7.21. The van der Waals surface area contributed by atoms with Crippen molar-refractivity contribution in [3.63, 3.8) is 0 Å². The Morgan fingerprint density at radius 1 is 1.27 bits per heavy atom. The number of nitrogens with zero attached hydrogens (tertiary/aromatic N) is 2. The van der Waals surface area contributed by atoms with Gasteiger partial charge in [-0.1, -0.05) is 0 Å². The van der Waals surface area contributed by atoms with Gasteiger partial charge in [0.15, 0.2) is 0 Å². The smallest absolute Gasteiger partial charge is 0.0606 e. The minimum Gasteiger partial charge on any atom is -0.395 e. The fraction of sp³-hybridized carbons (Fsp3) is 0.500. The van der Waals surface area contributed by atoms with Gasteiger partial charge in [0.05, 0.1) is 18.9 Å². The molecule has 1 heterocycles. The van der Waals surface area contributed by atoms with Crippen molar-refractivity contribution < 1.29 is 10.2 Å². The lowest BCUT2D eigenvalue weighted by Gasteiger charge is -2.23. The van der Waals surface area contributed by atoms with Crippen molar-refractivity contribution in [1.82, 2.24) is 4.98 Å². The molecule has 0 unspecified atom stereocenters. The van der Waals surface area contributed by atoms with E-state index in [0.29, 0.717) is 19.6 Å². The second kappa shape index (κ2) is 6.34. The normalized spacial score (nSPS) is 10.3. The lowest BCUT2D eigenvalue weighted by atomic mass is 10.3. The Balaban J connectivity index is 2.79. The van der Waals surface area contributed by atoms with Crippen LogP contribution >= 0.6 is 0 Å². The van der Waals surface area contributed by atoms with Gasteiger partial charge >= 0.3 is 0 Å². The molecular weight excluding hydrogens is 194 g/mol. The fourth-order valence-corrected chi connectivity index (χ4v) is 1.39. The third kappa shape index (κ3) is 3.47. The highest BCUT2D eigenvalue weighted by Gasteiger charge is 2.05. The van der Waals surface area contributed by atoms with Crippen LogP contribution in [0.4, 0.5) is 5.69 Å². The van der Waals surface area contributed by atoms with E-state index >= 15 is 0 Å². The maximum Gasteiger partial charge on any atom is 0.0606 e. The number of aliphatic hydroxyl groups excluding tert-OH is 2. The first-order valence-corrected chi connectivity index (χ1v) is 4.93. The molecule has 0 aromatic carbocycles. The first-order chi connectivity index (χ1) is 7.31. The monoisotopic (exact) mass is 211 g/mol. The number of hydrogen-bond acceptors (Lipinski definition) is 5. The summed E-state index contributed by atoms with van der Waals surface area (Å²) < 4.78 is 0. The van der Waals surface area contributed by atoms with E-state index in [0.717, 1.165) is 11.4 Å². The van der Waals surface area contributed by atoms with Crippen molar-refractivity contribution in [3.8, 4) is 0 Å². The zero-order valence-electron chi connectivity index (χ0n) is 8.63. The van der Waals surface area contributed by atoms with Crippen molar-refractivity contribution in [2.24, 2.45) is 5.73 Å². The molecule has 0 aliphatic heterocycles. The molecule has 0 amide bonds. The van der Waals surface area contributed by atoms with E-state index in [1.807, 2.05) is 17.0 Å². The van der Waals surface area contributed by atoms with E-state index in [1.54, 1.807) is 6.20 Å². The van der Waals surface area contributed by atoms with Crippen molar-refractivity contribution in [3.05, 3.63) is 24.0 Å². The zero-order chi connectivity index (χ0) is 11.1. The van der Waals surface area contributed by atoms with Crippen LogP contribution in [-0.2, 0) is 6.54 Å². The number of hydrogen-bond donors (Lipinski definition) is 3. The first-order valence-electron chi connectivity index (χ1n) is 4.93. The molecule has 0 saturated carbocycles. The van der Waals surface area contributed by atoms with Gasteiger partial charge in [0.1, 0.15) is 0 Å². The van der Waals surface area contributed by atoms with Crippen LogP contribution in [-0.4, -0.2) is 41.5 Å². The molecule has 84 valence electrons. The van der Waals surface area contributed by atoms with Gasteiger partial charge in [-0.25, -0.2) is 0 Å². The van der Waals surface area contributed by atoms with Gasteiger partial charge in [0, 0.05) is 31.5 Å². The van der Waals surface area contributed by atoms with Gasteiger partial charge in [-0.05, 0) is 12.1 Å². The second-order valence-corrected chi connectivity index (χ2v) is 3.14. The molecule has 0 aliphatic rings. The Kier molecular flexibility index (Phi) is 5.03. The number of nitrogens with two attached hydrogens (primary N) is 1. The molecule has 5 nitrogen and oxygen atoms in total. The van der Waals surface area contributed by atoms with Crippen LogP contribution in [0.3, 0.4) is 0 Å². The average Bonchev–Trinajstić information content (AvgIpc) is 2.29. The summed E-state index contributed by atoms with van der Waals surface area (Å²) in [4.78, 5) is 5.97. The average molecular weight is 211 g/mol. The number of aliphatic hydroxyl groups is 2. The van der Waals surface area contributed by atoms with Gasteiger partial charge < -0.3 is 20.8 Å². The van der Waals surface area contributed by atoms with Crippen LogP contribution in [0.2, 0.25) is 0 Å². The lowest BCUT2D eigenvalue weighted by molar-refractivity contribution is 0.281. The fourth-order valence-electron chi connectivity index (χ4n) is 1.39. The van der Waals surface area contributed by atoms with Crippen molar-refractivity contribution >= 4 is 5.69 Å². The highest BCUT2D eigenvalue weighted by Crippen LogP contribution is 2.13. The van der Waals surface area contributed by atoms with Gasteiger partial charge in [0.2, 0.25) is 0 Å². The highest BCUT2D eigenvalue weighted by molar-refractivity contribution is 5.46. The molecule has 1 aromatic heterocycles. The number of pyridine rings is 1. The minimum atomic E-state index is 0.0558. The Bertz CT molecular complexity index is 288. The van der Waals surface area contributed by atoms with Gasteiger partial charge in [0.25, 0.3) is 0 Å². The molecule has 4 N–H and O–H groups in total. The molecule has 0 radical (unpaired) electrons. The summed E-state index contributed by atoms with van der Waals surface area (Å²) in [6, 6.07) is 3.70. The van der Waals surface area contributed by atoms with Crippen LogP contribution in [0.5, 0.6) is 0 Å². The summed E-state index contributed by atoms with van der Waals surface area (Å²) in [6.07, 6.45) is 1.68. The van der Waals surface area contributed by atoms with E-state index in [2.05, 4.69) is 4.98 Å². The summed E-state index contributed by atoms with van der Waals surface area (Å²) in [5.74, 6) is 0. The first kappa shape index (κ1) is 11.9. The van der Waals surface area contributed by atoms with Crippen molar-refractivity contribution in [1.29, 1.82) is 0 Å². The van der Waals surface area contributed by atoms with E-state index < -0.39 is 0 Å². The van der Waals surface area contributed by atoms with Crippen LogP contribution in [0.15, 0.2) is 18.3 Å². The van der Waals surface area contributed by atoms with E-state index in [4.69, 9.17) is 15.9 Å². The van der Waals surface area contributed by atoms with E-state index in [-0.39, 0.29) is 13.2 Å². The zero-order valence-corrected chi connectivity index (χ0v) is 8.63. The molecule has 0 bridgehead atoms. The summed E-state index contributed by atoms with van der Waals surface area (Å²) in [5, 5.41) is 17.8. The minimum absolute atomic E-state index is 0.0558. The third-order valence-corrected chi connectivity index (χ3v) is 2.11. The largest absolute Gasteiger partial charge is 0.395 e. The molecule has 0 saturated heterocycles. The van der Waals surface area contributed by atoms with Gasteiger partial charge in [-0.3, -0.25) is 4.98 Å². The predicted molar refractivity (Wildman–Crippen MR) is 58.5 cm³/mol. The van der Waals surface area contributed by atoms with Crippen LogP contribution < -0.4 is 10.6 Å². The second-order valence-electron chi connectivity index (χ2n) is 3.14. The predicted octanol–water partition coefficient (Wildman–Crippen LogP) is -0.669. The van der Waals surface area contributed by atoms with Crippen LogP contribution in [0.25, 0.3) is 0 Å². The molecule has 0 atom stereocenters. The van der Waals surface area contributed by atoms with Crippen molar-refractivity contribution in [2.75, 3.05) is 31.2 Å². The molecule has 0 aliphatic carbocycles. The third-order valence-electron chi connectivity index (χ3n) is 2.11. The maximum atomic E-state index is 8.89. The maximum absolute atomic E-state index is 8.89. The van der Waals surface area contributed by atoms with E-state index in [1.165, 1.54) is 0 Å². The summed E-state index contributed by atoms with van der Waals surface area (Å²) in [7, 11) is 0. The molecule has 5 heteroatoms. The number of anilines is 1.